The van der Waals surface area contributed by atoms with Crippen molar-refractivity contribution in [3.05, 3.63) is 0 Å². The second-order valence-electron chi connectivity index (χ2n) is 4.15. The van der Waals surface area contributed by atoms with E-state index in [1.165, 1.54) is 0 Å². The summed E-state index contributed by atoms with van der Waals surface area (Å²) in [5.74, 6) is -1.73. The van der Waals surface area contributed by atoms with Crippen LogP contribution in [0, 0.1) is 11.3 Å². The number of carboxylic acid groups (broad SMARTS) is 1. The van der Waals surface area contributed by atoms with Gasteiger partial charge in [-0.1, -0.05) is 71.5 Å². The standard InChI is InChI=1S/C9H14BrCl3O2/c1-5(7(14)15)8(2,3)6(10)4-9(11,12)13/h5-6H,4H2,1-3H3,(H,14,15)/p-1. The minimum atomic E-state index is -1.39. The first-order valence-electron chi connectivity index (χ1n) is 4.40. The van der Waals surface area contributed by atoms with Gasteiger partial charge in [0.15, 0.2) is 3.79 Å². The van der Waals surface area contributed by atoms with Gasteiger partial charge in [-0.15, -0.1) is 0 Å². The second kappa shape index (κ2) is 5.44. The average molecular weight is 339 g/mol. The minimum absolute atomic E-state index is 0.217. The summed E-state index contributed by atoms with van der Waals surface area (Å²) in [7, 11) is 0. The van der Waals surface area contributed by atoms with Crippen LogP contribution in [0.3, 0.4) is 0 Å². The maximum atomic E-state index is 10.8. The van der Waals surface area contributed by atoms with Crippen LogP contribution in [0.2, 0.25) is 0 Å². The number of halogens is 4. The fraction of sp³-hybridized carbons (Fsp3) is 0.889. The molecule has 90 valence electrons. The molecular formula is C9H13BrCl3O2-. The van der Waals surface area contributed by atoms with E-state index in [-0.39, 0.29) is 11.2 Å². The molecule has 0 aromatic rings. The van der Waals surface area contributed by atoms with Gasteiger partial charge >= 0.3 is 0 Å². The molecule has 0 fully saturated rings. The van der Waals surface area contributed by atoms with Crippen LogP contribution in [0.15, 0.2) is 0 Å². The van der Waals surface area contributed by atoms with Crippen LogP contribution in [0.4, 0.5) is 0 Å². The van der Waals surface area contributed by atoms with Crippen LogP contribution in [0.5, 0.6) is 0 Å². The molecule has 0 spiro atoms. The maximum Gasteiger partial charge on any atom is 0.191 e. The number of carboxylic acids is 1. The molecule has 0 rings (SSSR count). The molecule has 15 heavy (non-hydrogen) atoms. The van der Waals surface area contributed by atoms with E-state index in [2.05, 4.69) is 15.9 Å². The highest BCUT2D eigenvalue weighted by molar-refractivity contribution is 9.09. The molecule has 0 saturated carbocycles. The predicted molar refractivity (Wildman–Crippen MR) is 65.6 cm³/mol. The largest absolute Gasteiger partial charge is 0.550 e. The molecular weight excluding hydrogens is 326 g/mol. The summed E-state index contributed by atoms with van der Waals surface area (Å²) in [4.78, 5) is 10.6. The average Bonchev–Trinajstić information content (AvgIpc) is 1.99. The zero-order valence-electron chi connectivity index (χ0n) is 8.69. The minimum Gasteiger partial charge on any atom is -0.550 e. The summed E-state index contributed by atoms with van der Waals surface area (Å²) in [6.45, 7) is 5.18. The lowest BCUT2D eigenvalue weighted by atomic mass is 9.76. The van der Waals surface area contributed by atoms with Crippen molar-refractivity contribution in [2.45, 2.75) is 35.8 Å². The number of rotatable bonds is 4. The Bertz CT molecular complexity index is 238. The zero-order chi connectivity index (χ0) is 12.4. The molecule has 0 aliphatic heterocycles. The molecule has 0 amide bonds. The third-order valence-corrected chi connectivity index (χ3v) is 4.65. The molecule has 0 radical (unpaired) electrons. The number of carbonyl (C=O) groups excluding carboxylic acids is 1. The van der Waals surface area contributed by atoms with Gasteiger partial charge in [0.25, 0.3) is 0 Å². The summed E-state index contributed by atoms with van der Waals surface area (Å²) >= 11 is 20.3. The number of carbonyl (C=O) groups is 1. The molecule has 0 N–H and O–H groups in total. The Morgan fingerprint density at radius 3 is 2.07 bits per heavy atom. The Kier molecular flexibility index (Phi) is 5.73. The van der Waals surface area contributed by atoms with Gasteiger partial charge in [0.2, 0.25) is 0 Å². The van der Waals surface area contributed by atoms with E-state index in [9.17, 15) is 9.90 Å². The number of hydrogen-bond donors (Lipinski definition) is 0. The fourth-order valence-corrected chi connectivity index (χ4v) is 2.95. The molecule has 2 unspecified atom stereocenters. The van der Waals surface area contributed by atoms with Crippen LogP contribution in [-0.4, -0.2) is 14.6 Å². The van der Waals surface area contributed by atoms with E-state index in [1.807, 2.05) is 0 Å². The molecule has 2 atom stereocenters. The summed E-state index contributed by atoms with van der Waals surface area (Å²) < 4.78 is -1.39. The van der Waals surface area contributed by atoms with Gasteiger partial charge in [-0.2, -0.15) is 0 Å². The van der Waals surface area contributed by atoms with Crippen LogP contribution < -0.4 is 5.11 Å². The van der Waals surface area contributed by atoms with Crippen molar-refractivity contribution in [2.75, 3.05) is 0 Å². The summed E-state index contributed by atoms with van der Waals surface area (Å²) in [6, 6.07) is 0. The molecule has 2 nitrogen and oxygen atoms in total. The van der Waals surface area contributed by atoms with Crippen molar-refractivity contribution in [3.63, 3.8) is 0 Å². The van der Waals surface area contributed by atoms with Gasteiger partial charge in [-0.3, -0.25) is 0 Å². The highest BCUT2D eigenvalue weighted by atomic mass is 79.9. The summed E-state index contributed by atoms with van der Waals surface area (Å²) in [5, 5.41) is 10.8. The molecule has 0 heterocycles. The Morgan fingerprint density at radius 2 is 1.80 bits per heavy atom. The van der Waals surface area contributed by atoms with E-state index >= 15 is 0 Å². The van der Waals surface area contributed by atoms with Gasteiger partial charge in [0.05, 0.1) is 0 Å². The number of hydrogen-bond acceptors (Lipinski definition) is 2. The van der Waals surface area contributed by atoms with E-state index in [0.29, 0.717) is 0 Å². The third kappa shape index (κ3) is 5.12. The fourth-order valence-electron chi connectivity index (χ4n) is 1.04. The van der Waals surface area contributed by atoms with E-state index in [4.69, 9.17) is 34.8 Å². The Hall–Kier alpha value is 0.820. The lowest BCUT2D eigenvalue weighted by molar-refractivity contribution is -0.314. The van der Waals surface area contributed by atoms with E-state index < -0.39 is 21.1 Å². The van der Waals surface area contributed by atoms with Crippen molar-refractivity contribution in [1.82, 2.24) is 0 Å². The highest BCUT2D eigenvalue weighted by Crippen LogP contribution is 2.43. The first-order valence-corrected chi connectivity index (χ1v) is 6.45. The molecule has 0 aromatic carbocycles. The Labute approximate surface area is 113 Å². The summed E-state index contributed by atoms with van der Waals surface area (Å²) in [6.07, 6.45) is 0.238. The van der Waals surface area contributed by atoms with E-state index in [1.54, 1.807) is 20.8 Å². The van der Waals surface area contributed by atoms with Crippen molar-refractivity contribution < 1.29 is 9.90 Å². The summed E-state index contributed by atoms with van der Waals surface area (Å²) in [5.41, 5.74) is -0.553. The van der Waals surface area contributed by atoms with E-state index in [0.717, 1.165) is 0 Å². The van der Waals surface area contributed by atoms with Crippen LogP contribution in [0.25, 0.3) is 0 Å². The maximum absolute atomic E-state index is 10.8. The second-order valence-corrected chi connectivity index (χ2v) is 7.77. The smallest absolute Gasteiger partial charge is 0.191 e. The van der Waals surface area contributed by atoms with Crippen LogP contribution >= 0.6 is 50.7 Å². The van der Waals surface area contributed by atoms with Crippen LogP contribution in [-0.2, 0) is 4.79 Å². The van der Waals surface area contributed by atoms with Gasteiger partial charge in [0, 0.05) is 23.1 Å². The number of alkyl halides is 4. The van der Waals surface area contributed by atoms with Crippen molar-refractivity contribution >= 4 is 56.7 Å². The van der Waals surface area contributed by atoms with Crippen LogP contribution in [0.1, 0.15) is 27.2 Å². The Morgan fingerprint density at radius 1 is 1.40 bits per heavy atom. The van der Waals surface area contributed by atoms with Gasteiger partial charge in [-0.25, -0.2) is 0 Å². The molecule has 0 aromatic heterocycles. The highest BCUT2D eigenvalue weighted by Gasteiger charge is 2.38. The Balaban J connectivity index is 4.65. The lowest BCUT2D eigenvalue weighted by Gasteiger charge is -2.38. The molecule has 0 bridgehead atoms. The van der Waals surface area contributed by atoms with Crippen molar-refractivity contribution in [1.29, 1.82) is 0 Å². The SMILES string of the molecule is CC(C(=O)[O-])C(C)(C)C(Br)CC(Cl)(Cl)Cl. The monoisotopic (exact) mass is 337 g/mol. The van der Waals surface area contributed by atoms with Gasteiger partial charge in [0.1, 0.15) is 0 Å². The predicted octanol–water partition coefficient (Wildman–Crippen LogP) is 2.92. The van der Waals surface area contributed by atoms with Crippen molar-refractivity contribution in [3.8, 4) is 0 Å². The van der Waals surface area contributed by atoms with Gasteiger partial charge < -0.3 is 9.90 Å². The quantitative estimate of drug-likeness (QED) is 0.739. The normalized spacial score (nSPS) is 17.3. The number of aliphatic carboxylic acids is 1. The molecule has 0 saturated heterocycles. The molecule has 0 aliphatic carbocycles. The first kappa shape index (κ1) is 15.8. The molecule has 6 heteroatoms. The molecule has 0 aliphatic rings. The van der Waals surface area contributed by atoms with Crippen molar-refractivity contribution in [2.24, 2.45) is 11.3 Å². The first-order chi connectivity index (χ1) is 6.48. The third-order valence-electron chi connectivity index (χ3n) is 2.69. The topological polar surface area (TPSA) is 40.1 Å². The lowest BCUT2D eigenvalue weighted by Crippen LogP contribution is -2.43. The zero-order valence-corrected chi connectivity index (χ0v) is 12.5. The van der Waals surface area contributed by atoms with Gasteiger partial charge in [-0.05, 0) is 5.41 Å².